The van der Waals surface area contributed by atoms with E-state index in [-0.39, 0.29) is 11.3 Å². The Kier molecular flexibility index (Phi) is 4.45. The number of hydrogen-bond acceptors (Lipinski definition) is 2. The van der Waals surface area contributed by atoms with Gasteiger partial charge in [0.2, 0.25) is 5.91 Å². The van der Waals surface area contributed by atoms with Crippen LogP contribution >= 0.6 is 31.9 Å². The van der Waals surface area contributed by atoms with E-state index in [1.807, 2.05) is 25.1 Å². The second kappa shape index (κ2) is 5.72. The molecule has 1 aromatic carbocycles. The van der Waals surface area contributed by atoms with E-state index < -0.39 is 0 Å². The normalized spacial score (nSPS) is 23.7. The number of hydrogen-bond donors (Lipinski definition) is 2. The second-order valence-electron chi connectivity index (χ2n) is 4.92. The van der Waals surface area contributed by atoms with Gasteiger partial charge in [0, 0.05) is 15.5 Å². The number of carbonyl (C=O) groups is 1. The zero-order valence-corrected chi connectivity index (χ0v) is 13.4. The molecule has 0 radical (unpaired) electrons. The molecule has 0 bridgehead atoms. The first-order valence-corrected chi connectivity index (χ1v) is 7.57. The first-order valence-electron chi connectivity index (χ1n) is 5.98. The van der Waals surface area contributed by atoms with E-state index in [2.05, 4.69) is 42.5 Å². The van der Waals surface area contributed by atoms with Gasteiger partial charge in [-0.05, 0) is 60.4 Å². The van der Waals surface area contributed by atoms with Crippen molar-refractivity contribution < 1.29 is 4.79 Å². The maximum atomic E-state index is 12.3. The van der Waals surface area contributed by atoms with Crippen molar-refractivity contribution in [2.75, 3.05) is 18.4 Å². The van der Waals surface area contributed by atoms with Crippen LogP contribution < -0.4 is 10.6 Å². The summed E-state index contributed by atoms with van der Waals surface area (Å²) in [7, 11) is 0. The lowest BCUT2D eigenvalue weighted by Gasteiger charge is -2.32. The molecule has 18 heavy (non-hydrogen) atoms. The smallest absolute Gasteiger partial charge is 0.231 e. The molecule has 2 rings (SSSR count). The fraction of sp³-hybridized carbons (Fsp3) is 0.462. The molecule has 98 valence electrons. The standard InChI is InChI=1S/C13H16Br2N2O/c1-13(5-2-6-16-8-13)12(18)17-11-4-3-9(14)7-10(11)15/h3-4,7,16H,2,5-6,8H2,1H3,(H,17,18). The van der Waals surface area contributed by atoms with Crippen molar-refractivity contribution in [2.24, 2.45) is 5.41 Å². The topological polar surface area (TPSA) is 41.1 Å². The van der Waals surface area contributed by atoms with Gasteiger partial charge in [0.15, 0.2) is 0 Å². The summed E-state index contributed by atoms with van der Waals surface area (Å²) in [6, 6.07) is 5.74. The van der Waals surface area contributed by atoms with Gasteiger partial charge in [-0.1, -0.05) is 15.9 Å². The van der Waals surface area contributed by atoms with E-state index in [1.165, 1.54) is 0 Å². The highest BCUT2D eigenvalue weighted by atomic mass is 79.9. The van der Waals surface area contributed by atoms with Crippen LogP contribution in [0.1, 0.15) is 19.8 Å². The molecule has 1 aliphatic heterocycles. The molecule has 1 saturated heterocycles. The van der Waals surface area contributed by atoms with Crippen LogP contribution in [0.2, 0.25) is 0 Å². The molecule has 2 N–H and O–H groups in total. The molecule has 3 nitrogen and oxygen atoms in total. The summed E-state index contributed by atoms with van der Waals surface area (Å²) in [5, 5.41) is 6.29. The van der Waals surface area contributed by atoms with Crippen LogP contribution in [0.15, 0.2) is 27.1 Å². The number of anilines is 1. The third-order valence-electron chi connectivity index (χ3n) is 3.32. The van der Waals surface area contributed by atoms with Crippen LogP contribution in [-0.4, -0.2) is 19.0 Å². The molecule has 1 amide bonds. The summed E-state index contributed by atoms with van der Waals surface area (Å²) >= 11 is 6.85. The molecule has 1 heterocycles. The van der Waals surface area contributed by atoms with Gasteiger partial charge >= 0.3 is 0 Å². The molecule has 5 heteroatoms. The number of amides is 1. The summed E-state index contributed by atoms with van der Waals surface area (Å²) < 4.78 is 1.87. The van der Waals surface area contributed by atoms with Crippen molar-refractivity contribution >= 4 is 43.5 Å². The van der Waals surface area contributed by atoms with Gasteiger partial charge in [-0.3, -0.25) is 4.79 Å². The molecule has 0 aromatic heterocycles. The summed E-state index contributed by atoms with van der Waals surface area (Å²) in [6.07, 6.45) is 1.98. The molecule has 0 spiro atoms. The molecule has 1 fully saturated rings. The Bertz CT molecular complexity index is 456. The minimum Gasteiger partial charge on any atom is -0.325 e. The summed E-state index contributed by atoms with van der Waals surface area (Å²) in [4.78, 5) is 12.3. The maximum absolute atomic E-state index is 12.3. The Balaban J connectivity index is 2.11. The SMILES string of the molecule is CC1(C(=O)Nc2ccc(Br)cc2Br)CCCNC1. The lowest BCUT2D eigenvalue weighted by Crippen LogP contribution is -2.46. The molecule has 1 atom stereocenters. The number of benzene rings is 1. The number of piperidine rings is 1. The largest absolute Gasteiger partial charge is 0.325 e. The highest BCUT2D eigenvalue weighted by molar-refractivity contribution is 9.11. The number of rotatable bonds is 2. The maximum Gasteiger partial charge on any atom is 0.231 e. The average molecular weight is 376 g/mol. The van der Waals surface area contributed by atoms with E-state index in [0.29, 0.717) is 0 Å². The third kappa shape index (κ3) is 3.13. The van der Waals surface area contributed by atoms with Crippen molar-refractivity contribution in [3.05, 3.63) is 27.1 Å². The molecule has 0 aliphatic carbocycles. The van der Waals surface area contributed by atoms with Gasteiger partial charge in [-0.2, -0.15) is 0 Å². The van der Waals surface area contributed by atoms with Crippen LogP contribution in [0.3, 0.4) is 0 Å². The van der Waals surface area contributed by atoms with Crippen molar-refractivity contribution in [1.82, 2.24) is 5.32 Å². The van der Waals surface area contributed by atoms with E-state index in [0.717, 1.165) is 40.6 Å². The van der Waals surface area contributed by atoms with Crippen LogP contribution in [0.25, 0.3) is 0 Å². The summed E-state index contributed by atoms with van der Waals surface area (Å²) in [5.41, 5.74) is 0.500. The zero-order valence-electron chi connectivity index (χ0n) is 10.2. The van der Waals surface area contributed by atoms with E-state index in [9.17, 15) is 4.79 Å². The Labute approximate surface area is 124 Å². The lowest BCUT2D eigenvalue weighted by atomic mass is 9.82. The monoisotopic (exact) mass is 374 g/mol. The minimum atomic E-state index is -0.315. The Morgan fingerprint density at radius 1 is 1.44 bits per heavy atom. The summed E-state index contributed by atoms with van der Waals surface area (Å²) in [6.45, 7) is 3.76. The van der Waals surface area contributed by atoms with Gasteiger partial charge in [0.25, 0.3) is 0 Å². The average Bonchev–Trinajstić information content (AvgIpc) is 2.33. The molecule has 0 saturated carbocycles. The molecular weight excluding hydrogens is 360 g/mol. The van der Waals surface area contributed by atoms with Gasteiger partial charge < -0.3 is 10.6 Å². The molecule has 1 aliphatic rings. The van der Waals surface area contributed by atoms with Gasteiger partial charge in [-0.15, -0.1) is 0 Å². The highest BCUT2D eigenvalue weighted by Gasteiger charge is 2.34. The first-order chi connectivity index (χ1) is 8.51. The molecular formula is C13H16Br2N2O. The lowest BCUT2D eigenvalue weighted by molar-refractivity contribution is -0.125. The van der Waals surface area contributed by atoms with E-state index >= 15 is 0 Å². The number of nitrogens with one attached hydrogen (secondary N) is 2. The van der Waals surface area contributed by atoms with Crippen molar-refractivity contribution in [3.8, 4) is 0 Å². The van der Waals surface area contributed by atoms with Gasteiger partial charge in [0.1, 0.15) is 0 Å². The first kappa shape index (κ1) is 14.0. The Hall–Kier alpha value is -0.390. The quantitative estimate of drug-likeness (QED) is 0.829. The Morgan fingerprint density at radius 2 is 2.22 bits per heavy atom. The van der Waals surface area contributed by atoms with Crippen molar-refractivity contribution in [3.63, 3.8) is 0 Å². The molecule has 1 aromatic rings. The fourth-order valence-electron chi connectivity index (χ4n) is 2.11. The predicted octanol–water partition coefficient (Wildman–Crippen LogP) is 3.54. The van der Waals surface area contributed by atoms with Crippen LogP contribution in [0, 0.1) is 5.41 Å². The number of halogens is 2. The zero-order chi connectivity index (χ0) is 13.2. The second-order valence-corrected chi connectivity index (χ2v) is 6.69. The van der Waals surface area contributed by atoms with Crippen LogP contribution in [0.5, 0.6) is 0 Å². The summed E-state index contributed by atoms with van der Waals surface area (Å²) in [5.74, 6) is 0.0812. The van der Waals surface area contributed by atoms with E-state index in [4.69, 9.17) is 0 Å². The predicted molar refractivity (Wildman–Crippen MR) is 80.7 cm³/mol. The molecule has 1 unspecified atom stereocenters. The highest BCUT2D eigenvalue weighted by Crippen LogP contribution is 2.30. The van der Waals surface area contributed by atoms with Crippen molar-refractivity contribution in [1.29, 1.82) is 0 Å². The van der Waals surface area contributed by atoms with E-state index in [1.54, 1.807) is 0 Å². The minimum absolute atomic E-state index is 0.0812. The number of carbonyl (C=O) groups excluding carboxylic acids is 1. The Morgan fingerprint density at radius 3 is 2.83 bits per heavy atom. The van der Waals surface area contributed by atoms with Crippen molar-refractivity contribution in [2.45, 2.75) is 19.8 Å². The van der Waals surface area contributed by atoms with Gasteiger partial charge in [-0.25, -0.2) is 0 Å². The van der Waals surface area contributed by atoms with Gasteiger partial charge in [0.05, 0.1) is 11.1 Å². The third-order valence-corrected chi connectivity index (χ3v) is 4.47. The van der Waals surface area contributed by atoms with Crippen LogP contribution in [-0.2, 0) is 4.79 Å². The van der Waals surface area contributed by atoms with Crippen LogP contribution in [0.4, 0.5) is 5.69 Å². The fourth-order valence-corrected chi connectivity index (χ4v) is 3.26.